The van der Waals surface area contributed by atoms with Crippen molar-refractivity contribution in [2.45, 2.75) is 33.2 Å². The minimum Gasteiger partial charge on any atom is -0.412 e. The molecule has 1 aliphatic rings. The molecule has 0 aliphatic carbocycles. The average Bonchev–Trinajstić information content (AvgIpc) is 2.60. The van der Waals surface area contributed by atoms with Gasteiger partial charge in [0.25, 0.3) is 0 Å². The molecule has 4 nitrogen and oxygen atoms in total. The average molecular weight is 313 g/mol. The summed E-state index contributed by atoms with van der Waals surface area (Å²) in [6.45, 7) is 10.5. The molecule has 1 heterocycles. The lowest BCUT2D eigenvalue weighted by Crippen LogP contribution is -3.11. The fourth-order valence-electron chi connectivity index (χ4n) is 1.83. The van der Waals surface area contributed by atoms with Crippen molar-refractivity contribution in [1.29, 1.82) is 0 Å². The van der Waals surface area contributed by atoms with Gasteiger partial charge in [-0.3, -0.25) is 0 Å². The number of nitrogens with one attached hydrogen (secondary N) is 2. The molecule has 0 saturated carbocycles. The van der Waals surface area contributed by atoms with Crippen molar-refractivity contribution in [3.63, 3.8) is 0 Å². The van der Waals surface area contributed by atoms with Crippen LogP contribution in [0.1, 0.15) is 27.2 Å². The van der Waals surface area contributed by atoms with E-state index in [-0.39, 0.29) is 21.9 Å². The van der Waals surface area contributed by atoms with Gasteiger partial charge in [0.2, 0.25) is 0 Å². The molecule has 7 heteroatoms. The summed E-state index contributed by atoms with van der Waals surface area (Å²) in [6.07, 6.45) is 0.624. The molecular weight excluding hydrogens is 288 g/mol. The van der Waals surface area contributed by atoms with E-state index in [1.807, 2.05) is 0 Å². The molecule has 0 spiro atoms. The van der Waals surface area contributed by atoms with Gasteiger partial charge in [-0.1, -0.05) is 4.32 Å². The largest absolute Gasteiger partial charge is 0.412 e. The molecular formula is C11H24N2O2S3. The molecule has 0 amide bonds. The molecule has 0 radical (unpaired) electrons. The van der Waals surface area contributed by atoms with E-state index in [1.54, 1.807) is 4.90 Å². The van der Waals surface area contributed by atoms with Crippen LogP contribution in [0.15, 0.2) is 0 Å². The molecule has 1 unspecified atom stereocenters. The van der Waals surface area contributed by atoms with Gasteiger partial charge in [-0.25, -0.2) is 8.42 Å². The third-order valence-electron chi connectivity index (χ3n) is 3.05. The highest BCUT2D eigenvalue weighted by Crippen LogP contribution is 2.10. The molecule has 1 saturated heterocycles. The van der Waals surface area contributed by atoms with Crippen LogP contribution in [0.3, 0.4) is 0 Å². The summed E-state index contributed by atoms with van der Waals surface area (Å²) < 4.78 is 22.1. The van der Waals surface area contributed by atoms with E-state index >= 15 is 0 Å². The number of quaternary nitrogens is 1. The van der Waals surface area contributed by atoms with Crippen LogP contribution in [0.25, 0.3) is 0 Å². The van der Waals surface area contributed by atoms with Gasteiger partial charge in [0.15, 0.2) is 9.84 Å². The Labute approximate surface area is 122 Å². The van der Waals surface area contributed by atoms with E-state index in [4.69, 9.17) is 0 Å². The zero-order chi connectivity index (χ0) is 14.2. The molecule has 1 rings (SSSR count). The first-order valence-electron chi connectivity index (χ1n) is 6.36. The van der Waals surface area contributed by atoms with E-state index in [1.165, 1.54) is 19.6 Å². The van der Waals surface area contributed by atoms with Crippen molar-refractivity contribution in [2.24, 2.45) is 0 Å². The lowest BCUT2D eigenvalue weighted by Gasteiger charge is -2.14. The summed E-state index contributed by atoms with van der Waals surface area (Å²) in [5.74, 6) is 0.423. The molecule has 2 N–H and O–H groups in total. The number of thiocarbonyl (C=S) groups is 1. The number of hydrogen-bond acceptors (Lipinski definition) is 4. The molecule has 108 valence electrons. The Bertz CT molecular complexity index is 335. The second-order valence-electron chi connectivity index (χ2n) is 4.34. The van der Waals surface area contributed by atoms with Crippen molar-refractivity contribution in [3.05, 3.63) is 0 Å². The van der Waals surface area contributed by atoms with Crippen LogP contribution in [-0.2, 0) is 22.5 Å². The summed E-state index contributed by atoms with van der Waals surface area (Å²) in [4.78, 5) is 1.68. The van der Waals surface area contributed by atoms with E-state index < -0.39 is 9.84 Å². The highest BCUT2D eigenvalue weighted by Gasteiger charge is 2.26. The Kier molecular flexibility index (Phi) is 9.02. The lowest BCUT2D eigenvalue weighted by atomic mass is 10.3. The standard InChI is InChI=1S/C6H15N.C5H9NO2S3/c1-4-7(5-2)6-3;7-11(8)2-1-4(3-11)6-5(9)10/h4-6H2,1-3H3;4H,1-3H2,(H2,6,9,10). The molecule has 0 aromatic heterocycles. The normalized spacial score (nSPS) is 21.2. The summed E-state index contributed by atoms with van der Waals surface area (Å²) in [5.41, 5.74) is 0. The molecule has 0 bridgehead atoms. The summed E-state index contributed by atoms with van der Waals surface area (Å²) in [5, 5.41) is 2.76. The SMILES string of the molecule is CC[NH+](CC)CC.O=S1(=O)CCC(NC(=S)[S-])C1. The lowest BCUT2D eigenvalue weighted by molar-refractivity contribution is -0.894. The molecule has 18 heavy (non-hydrogen) atoms. The van der Waals surface area contributed by atoms with E-state index in [0.29, 0.717) is 6.42 Å². The van der Waals surface area contributed by atoms with Crippen LogP contribution in [-0.4, -0.2) is 49.9 Å². The van der Waals surface area contributed by atoms with Crippen molar-refractivity contribution >= 4 is 39.0 Å². The van der Waals surface area contributed by atoms with E-state index in [9.17, 15) is 8.42 Å². The van der Waals surface area contributed by atoms with Gasteiger partial charge >= 0.3 is 0 Å². The van der Waals surface area contributed by atoms with E-state index in [2.05, 4.69) is 50.9 Å². The van der Waals surface area contributed by atoms with Gasteiger partial charge < -0.3 is 35.1 Å². The van der Waals surface area contributed by atoms with Crippen molar-refractivity contribution in [1.82, 2.24) is 5.32 Å². The Morgan fingerprint density at radius 1 is 1.33 bits per heavy atom. The van der Waals surface area contributed by atoms with Gasteiger partial charge in [0.05, 0.1) is 31.1 Å². The molecule has 0 aromatic carbocycles. The number of rotatable bonds is 4. The maximum Gasteiger partial charge on any atom is 0.152 e. The number of sulfone groups is 1. The van der Waals surface area contributed by atoms with Crippen LogP contribution >= 0.6 is 12.2 Å². The summed E-state index contributed by atoms with van der Waals surface area (Å²) in [7, 11) is -2.81. The predicted molar refractivity (Wildman–Crippen MR) is 82.7 cm³/mol. The second-order valence-corrected chi connectivity index (χ2v) is 7.65. The topological polar surface area (TPSA) is 50.6 Å². The van der Waals surface area contributed by atoms with E-state index in [0.717, 1.165) is 0 Å². The summed E-state index contributed by atoms with van der Waals surface area (Å²) in [6, 6.07) is -0.0509. The predicted octanol–water partition coefficient (Wildman–Crippen LogP) is -0.474. The highest BCUT2D eigenvalue weighted by molar-refractivity contribution is 8.00. The third-order valence-corrected chi connectivity index (χ3v) is 5.06. The Balaban J connectivity index is 0.000000360. The minimum absolute atomic E-state index is 0.0509. The monoisotopic (exact) mass is 312 g/mol. The van der Waals surface area contributed by atoms with Crippen LogP contribution in [0.5, 0.6) is 0 Å². The van der Waals surface area contributed by atoms with Crippen molar-refractivity contribution < 1.29 is 13.3 Å². The molecule has 1 aliphatic heterocycles. The van der Waals surface area contributed by atoms with Crippen LogP contribution in [0.2, 0.25) is 0 Å². The second kappa shape index (κ2) is 9.01. The molecule has 0 aromatic rings. The third kappa shape index (κ3) is 8.18. The van der Waals surface area contributed by atoms with Gasteiger partial charge in [-0.15, -0.1) is 0 Å². The molecule has 1 fully saturated rings. The smallest absolute Gasteiger partial charge is 0.152 e. The fourth-order valence-corrected chi connectivity index (χ4v) is 3.83. The van der Waals surface area contributed by atoms with Gasteiger partial charge in [0, 0.05) is 6.04 Å². The number of hydrogen-bond donors (Lipinski definition) is 2. The van der Waals surface area contributed by atoms with Gasteiger partial charge in [-0.2, -0.15) is 0 Å². The summed E-state index contributed by atoms with van der Waals surface area (Å²) >= 11 is 9.23. The zero-order valence-electron chi connectivity index (χ0n) is 11.4. The first kappa shape index (κ1) is 18.0. The maximum atomic E-state index is 10.9. The Morgan fingerprint density at radius 2 is 1.83 bits per heavy atom. The maximum absolute atomic E-state index is 10.9. The van der Waals surface area contributed by atoms with Crippen LogP contribution in [0.4, 0.5) is 0 Å². The first-order valence-corrected chi connectivity index (χ1v) is 8.99. The van der Waals surface area contributed by atoms with Crippen LogP contribution < -0.4 is 10.2 Å². The molecule has 1 atom stereocenters. The first-order chi connectivity index (χ1) is 8.34. The quantitative estimate of drug-likeness (QED) is 0.543. The minimum atomic E-state index is -2.81. The van der Waals surface area contributed by atoms with Crippen molar-refractivity contribution in [2.75, 3.05) is 31.1 Å². The highest BCUT2D eigenvalue weighted by atomic mass is 32.2. The fraction of sp³-hybridized carbons (Fsp3) is 0.909. The van der Waals surface area contributed by atoms with Gasteiger partial charge in [-0.05, 0) is 27.2 Å². The zero-order valence-corrected chi connectivity index (χ0v) is 13.8. The van der Waals surface area contributed by atoms with Crippen LogP contribution in [0, 0.1) is 0 Å². The Morgan fingerprint density at radius 3 is 2.06 bits per heavy atom. The van der Waals surface area contributed by atoms with Crippen molar-refractivity contribution in [3.8, 4) is 0 Å². The van der Waals surface area contributed by atoms with Gasteiger partial charge in [0.1, 0.15) is 0 Å². The Hall–Kier alpha value is 0.0200.